The molecule has 0 bridgehead atoms. The number of nitrogens with zero attached hydrogens (tertiary/aromatic N) is 2. The number of hydrogen-bond acceptors (Lipinski definition) is 6. The molecule has 1 N–H and O–H groups in total. The number of methoxy groups -OCH3 is 2. The van der Waals surface area contributed by atoms with E-state index in [4.69, 9.17) is 49.4 Å². The third-order valence-electron chi connectivity index (χ3n) is 5.52. The Morgan fingerprint density at radius 1 is 0.943 bits per heavy atom. The number of rotatable bonds is 8. The van der Waals surface area contributed by atoms with Gasteiger partial charge in [0.2, 0.25) is 10.0 Å². The van der Waals surface area contributed by atoms with Crippen molar-refractivity contribution in [3.63, 3.8) is 0 Å². The molecule has 0 spiro atoms. The van der Waals surface area contributed by atoms with Crippen molar-refractivity contribution in [2.45, 2.75) is 17.4 Å². The first kappa shape index (κ1) is 25.6. The van der Waals surface area contributed by atoms with Crippen molar-refractivity contribution in [2.75, 3.05) is 25.8 Å². The summed E-state index contributed by atoms with van der Waals surface area (Å²) >= 11 is 18.6. The van der Waals surface area contributed by atoms with E-state index in [1.54, 1.807) is 41.4 Å². The minimum absolute atomic E-state index is 0.0163. The Kier molecular flexibility index (Phi) is 7.78. The molecule has 0 saturated heterocycles. The molecule has 3 aromatic rings. The highest BCUT2D eigenvalue weighted by Crippen LogP contribution is 2.40. The lowest BCUT2D eigenvalue weighted by Gasteiger charge is -2.25. The summed E-state index contributed by atoms with van der Waals surface area (Å²) in [6, 6.07) is 16.8. The Morgan fingerprint density at radius 3 is 2.29 bits per heavy atom. The highest BCUT2D eigenvalue weighted by atomic mass is 35.5. The number of halogens is 3. The predicted octanol–water partition coefficient (Wildman–Crippen LogP) is 5.95. The average molecular weight is 555 g/mol. The lowest BCUT2D eigenvalue weighted by molar-refractivity contribution is 0.354. The third-order valence-corrected chi connectivity index (χ3v) is 7.70. The molecule has 1 aliphatic heterocycles. The molecule has 0 saturated carbocycles. The second kappa shape index (κ2) is 10.6. The molecular weight excluding hydrogens is 533 g/mol. The van der Waals surface area contributed by atoms with E-state index in [2.05, 4.69) is 4.72 Å². The highest BCUT2D eigenvalue weighted by Gasteiger charge is 2.31. The molecule has 1 aliphatic rings. The van der Waals surface area contributed by atoms with Crippen LogP contribution in [-0.4, -0.2) is 34.9 Å². The van der Waals surface area contributed by atoms with Crippen LogP contribution in [0.3, 0.4) is 0 Å². The van der Waals surface area contributed by atoms with E-state index in [-0.39, 0.29) is 17.5 Å². The van der Waals surface area contributed by atoms with Crippen LogP contribution in [0.4, 0.5) is 5.69 Å². The average Bonchev–Trinajstić information content (AvgIpc) is 3.26. The van der Waals surface area contributed by atoms with E-state index < -0.39 is 10.0 Å². The predicted molar refractivity (Wildman–Crippen MR) is 140 cm³/mol. The van der Waals surface area contributed by atoms with Gasteiger partial charge >= 0.3 is 0 Å². The smallest absolute Gasteiger partial charge is 0.241 e. The van der Waals surface area contributed by atoms with E-state index in [1.165, 1.54) is 26.4 Å². The van der Waals surface area contributed by atoms with E-state index in [0.717, 1.165) is 5.56 Å². The molecule has 7 nitrogen and oxygen atoms in total. The Hall–Kier alpha value is -2.49. The van der Waals surface area contributed by atoms with Gasteiger partial charge in [-0.3, -0.25) is 5.01 Å². The summed E-state index contributed by atoms with van der Waals surface area (Å²) in [7, 11) is -0.904. The van der Waals surface area contributed by atoms with Crippen molar-refractivity contribution in [1.82, 2.24) is 4.72 Å². The van der Waals surface area contributed by atoms with E-state index in [1.807, 2.05) is 12.1 Å². The van der Waals surface area contributed by atoms with Gasteiger partial charge in [0.05, 0.1) is 48.1 Å². The van der Waals surface area contributed by atoms with Gasteiger partial charge in [0.15, 0.2) is 11.5 Å². The summed E-state index contributed by atoms with van der Waals surface area (Å²) in [6.07, 6.45) is 0.481. The van der Waals surface area contributed by atoms with E-state index >= 15 is 0 Å². The van der Waals surface area contributed by atoms with Gasteiger partial charge in [0.1, 0.15) is 0 Å². The molecule has 0 fully saturated rings. The minimum atomic E-state index is -3.83. The molecule has 0 aromatic heterocycles. The molecule has 184 valence electrons. The molecule has 1 unspecified atom stereocenters. The molecule has 1 atom stereocenters. The van der Waals surface area contributed by atoms with Gasteiger partial charge in [0.25, 0.3) is 0 Å². The maximum absolute atomic E-state index is 13.0. The summed E-state index contributed by atoms with van der Waals surface area (Å²) in [5.74, 6) is 0.757. The van der Waals surface area contributed by atoms with E-state index in [9.17, 15) is 8.42 Å². The van der Waals surface area contributed by atoms with Crippen LogP contribution in [0.2, 0.25) is 15.1 Å². The molecule has 4 rings (SSSR count). The molecule has 11 heteroatoms. The quantitative estimate of drug-likeness (QED) is 0.372. The number of benzene rings is 3. The van der Waals surface area contributed by atoms with Gasteiger partial charge in [-0.25, -0.2) is 13.1 Å². The fourth-order valence-electron chi connectivity index (χ4n) is 3.76. The number of hydrogen-bond donors (Lipinski definition) is 1. The summed E-state index contributed by atoms with van der Waals surface area (Å²) < 4.78 is 39.0. The number of hydrazone groups is 1. The zero-order valence-electron chi connectivity index (χ0n) is 18.8. The molecule has 0 radical (unpaired) electrons. The van der Waals surface area contributed by atoms with Gasteiger partial charge in [-0.2, -0.15) is 5.10 Å². The Labute approximate surface area is 219 Å². The first-order valence-electron chi connectivity index (χ1n) is 10.5. The molecular formula is C24H22Cl3N3O4S. The maximum atomic E-state index is 13.0. The zero-order chi connectivity index (χ0) is 25.2. The fraction of sp³-hybridized carbons (Fsp3) is 0.208. The molecule has 0 aliphatic carbocycles. The summed E-state index contributed by atoms with van der Waals surface area (Å²) in [6.45, 7) is 0.0163. The van der Waals surface area contributed by atoms with Crippen molar-refractivity contribution >= 4 is 56.2 Å². The number of nitrogens with one attached hydrogen (secondary N) is 1. The Balaban J connectivity index is 1.60. The van der Waals surface area contributed by atoms with Gasteiger partial charge in [-0.15, -0.1) is 0 Å². The first-order chi connectivity index (χ1) is 16.7. The minimum Gasteiger partial charge on any atom is -0.493 e. The van der Waals surface area contributed by atoms with Crippen LogP contribution < -0.4 is 19.2 Å². The first-order valence-corrected chi connectivity index (χ1v) is 13.1. The lowest BCUT2D eigenvalue weighted by atomic mass is 10.0. The fourth-order valence-corrected chi connectivity index (χ4v) is 5.41. The lowest BCUT2D eigenvalue weighted by Crippen LogP contribution is -2.29. The van der Waals surface area contributed by atoms with Crippen LogP contribution in [0.15, 0.2) is 70.7 Å². The van der Waals surface area contributed by atoms with Gasteiger partial charge in [0, 0.05) is 22.5 Å². The SMILES string of the molecule is COc1ccc(S(=O)(=O)NCC2=NN(c3ccc(Cl)cc3Cl)C(c3ccc(Cl)cc3)C2)cc1OC. The normalized spacial score (nSPS) is 15.7. The summed E-state index contributed by atoms with van der Waals surface area (Å²) in [5.41, 5.74) is 2.26. The number of sulfonamides is 1. The van der Waals surface area contributed by atoms with Crippen molar-refractivity contribution in [3.8, 4) is 11.5 Å². The molecule has 1 heterocycles. The number of ether oxygens (including phenoxy) is 2. The standard InChI is InChI=1S/C24H22Cl3N3O4S/c1-33-23-10-8-19(13-24(23)34-2)35(31,32)28-14-18-12-22(15-3-5-16(25)6-4-15)30(29-18)21-9-7-17(26)11-20(21)27/h3-11,13,22,28H,12,14H2,1-2H3. The largest absolute Gasteiger partial charge is 0.493 e. The van der Waals surface area contributed by atoms with Gasteiger partial charge in [-0.1, -0.05) is 46.9 Å². The second-order valence-electron chi connectivity index (χ2n) is 7.72. The Morgan fingerprint density at radius 2 is 1.63 bits per heavy atom. The third kappa shape index (κ3) is 5.68. The van der Waals surface area contributed by atoms with Gasteiger partial charge in [-0.05, 0) is 48.0 Å². The number of anilines is 1. The second-order valence-corrected chi connectivity index (χ2v) is 10.8. The van der Waals surface area contributed by atoms with Gasteiger partial charge < -0.3 is 9.47 Å². The van der Waals surface area contributed by atoms with Crippen LogP contribution in [-0.2, 0) is 10.0 Å². The Bertz CT molecular complexity index is 1360. The van der Waals surface area contributed by atoms with Crippen molar-refractivity contribution in [2.24, 2.45) is 5.10 Å². The van der Waals surface area contributed by atoms with Crippen LogP contribution in [0.1, 0.15) is 18.0 Å². The summed E-state index contributed by atoms with van der Waals surface area (Å²) in [4.78, 5) is 0.0561. The molecule has 3 aromatic carbocycles. The van der Waals surface area contributed by atoms with Crippen LogP contribution in [0.5, 0.6) is 11.5 Å². The highest BCUT2D eigenvalue weighted by molar-refractivity contribution is 7.89. The van der Waals surface area contributed by atoms with Crippen LogP contribution in [0, 0.1) is 0 Å². The maximum Gasteiger partial charge on any atom is 0.241 e. The summed E-state index contributed by atoms with van der Waals surface area (Å²) in [5, 5.41) is 8.05. The van der Waals surface area contributed by atoms with Crippen molar-refractivity contribution in [3.05, 3.63) is 81.3 Å². The topological polar surface area (TPSA) is 80.2 Å². The van der Waals surface area contributed by atoms with Crippen molar-refractivity contribution in [1.29, 1.82) is 0 Å². The monoisotopic (exact) mass is 553 g/mol. The van der Waals surface area contributed by atoms with E-state index in [0.29, 0.717) is 44.4 Å². The molecule has 35 heavy (non-hydrogen) atoms. The van der Waals surface area contributed by atoms with Crippen LogP contribution >= 0.6 is 34.8 Å². The zero-order valence-corrected chi connectivity index (χ0v) is 21.9. The molecule has 0 amide bonds. The van der Waals surface area contributed by atoms with Crippen LogP contribution in [0.25, 0.3) is 0 Å². The van der Waals surface area contributed by atoms with Crippen molar-refractivity contribution < 1.29 is 17.9 Å².